The molecule has 0 heterocycles. The number of halogens is 3. The summed E-state index contributed by atoms with van der Waals surface area (Å²) in [6.07, 6.45) is -4.29. The molecule has 0 aliphatic rings. The number of hydrogen-bond donors (Lipinski definition) is 1. The molecule has 2 rings (SSSR count). The van der Waals surface area contributed by atoms with Gasteiger partial charge in [-0.2, -0.15) is 13.2 Å². The smallest absolute Gasteiger partial charge is 0.349 e. The van der Waals surface area contributed by atoms with Crippen LogP contribution < -0.4 is 5.32 Å². The van der Waals surface area contributed by atoms with Gasteiger partial charge >= 0.3 is 6.18 Å². The Morgan fingerprint density at radius 2 is 1.63 bits per heavy atom. The third-order valence-corrected chi connectivity index (χ3v) is 4.02. The number of hydrogen-bond acceptors (Lipinski definition) is 2. The highest BCUT2D eigenvalue weighted by Crippen LogP contribution is 2.29. The Morgan fingerprint density at radius 1 is 1.04 bits per heavy atom. The van der Waals surface area contributed by atoms with Crippen molar-refractivity contribution in [3.05, 3.63) is 71.3 Å². The summed E-state index contributed by atoms with van der Waals surface area (Å²) in [6.45, 7) is 1.92. The fraction of sp³-hybridized carbons (Fsp3) is 0.300. The molecule has 4 nitrogen and oxygen atoms in total. The highest BCUT2D eigenvalue weighted by Gasteiger charge is 2.30. The largest absolute Gasteiger partial charge is 0.416 e. The number of alkyl halides is 3. The predicted octanol–water partition coefficient (Wildman–Crippen LogP) is 3.87. The summed E-state index contributed by atoms with van der Waals surface area (Å²) >= 11 is 0. The first-order valence-corrected chi connectivity index (χ1v) is 8.43. The third-order valence-electron chi connectivity index (χ3n) is 4.02. The van der Waals surface area contributed by atoms with Gasteiger partial charge in [-0.3, -0.25) is 9.59 Å². The minimum Gasteiger partial charge on any atom is -0.349 e. The van der Waals surface area contributed by atoms with Gasteiger partial charge in [-0.15, -0.1) is 0 Å². The Labute approximate surface area is 156 Å². The molecule has 0 aromatic heterocycles. The predicted molar refractivity (Wildman–Crippen MR) is 95.9 cm³/mol. The first-order valence-electron chi connectivity index (χ1n) is 8.43. The van der Waals surface area contributed by atoms with Crippen LogP contribution in [0.5, 0.6) is 0 Å². The Hall–Kier alpha value is -2.83. The first-order chi connectivity index (χ1) is 12.7. The summed E-state index contributed by atoms with van der Waals surface area (Å²) in [5.74, 6) is -0.475. The van der Waals surface area contributed by atoms with Crippen molar-refractivity contribution < 1.29 is 22.8 Å². The second-order valence-corrected chi connectivity index (χ2v) is 6.39. The number of rotatable bonds is 6. The molecule has 0 aliphatic heterocycles. The fourth-order valence-electron chi connectivity index (χ4n) is 2.53. The van der Waals surface area contributed by atoms with Crippen molar-refractivity contribution in [1.29, 1.82) is 0 Å². The molecule has 0 bridgehead atoms. The van der Waals surface area contributed by atoms with E-state index in [1.165, 1.54) is 17.0 Å². The standard InChI is InChI=1S/C20H21F3N2O2/c1-14(24-19(27)16-6-4-3-5-7-16)12-18(26)25(2)13-15-8-10-17(11-9-15)20(21,22)23/h3-11,14H,12-13H2,1-2H3,(H,24,27). The van der Waals surface area contributed by atoms with Crippen molar-refractivity contribution in [1.82, 2.24) is 10.2 Å². The van der Waals surface area contributed by atoms with Crippen LogP contribution in [0.1, 0.15) is 34.8 Å². The highest BCUT2D eigenvalue weighted by atomic mass is 19.4. The topological polar surface area (TPSA) is 49.4 Å². The van der Waals surface area contributed by atoms with Crippen LogP contribution in [0, 0.1) is 0 Å². The zero-order chi connectivity index (χ0) is 20.0. The van der Waals surface area contributed by atoms with Gasteiger partial charge in [0.05, 0.1) is 5.56 Å². The summed E-state index contributed by atoms with van der Waals surface area (Å²) in [5, 5.41) is 2.76. The molecule has 0 fully saturated rings. The number of carbonyl (C=O) groups excluding carboxylic acids is 2. The van der Waals surface area contributed by atoms with Crippen LogP contribution in [0.3, 0.4) is 0 Å². The van der Waals surface area contributed by atoms with Crippen LogP contribution in [-0.4, -0.2) is 29.8 Å². The van der Waals surface area contributed by atoms with Crippen molar-refractivity contribution in [3.8, 4) is 0 Å². The van der Waals surface area contributed by atoms with E-state index in [1.807, 2.05) is 0 Å². The second kappa shape index (κ2) is 8.70. The van der Waals surface area contributed by atoms with Crippen LogP contribution in [0.25, 0.3) is 0 Å². The summed E-state index contributed by atoms with van der Waals surface area (Å²) in [5.41, 5.74) is 0.382. The molecule has 27 heavy (non-hydrogen) atoms. The lowest BCUT2D eigenvalue weighted by molar-refractivity contribution is -0.137. The van der Waals surface area contributed by atoms with E-state index in [0.717, 1.165) is 12.1 Å². The van der Waals surface area contributed by atoms with E-state index in [0.29, 0.717) is 11.1 Å². The van der Waals surface area contributed by atoms with Gasteiger partial charge in [0.15, 0.2) is 0 Å². The fourth-order valence-corrected chi connectivity index (χ4v) is 2.53. The van der Waals surface area contributed by atoms with E-state index in [1.54, 1.807) is 44.3 Å². The van der Waals surface area contributed by atoms with Gasteiger partial charge in [-0.05, 0) is 36.8 Å². The average molecular weight is 378 g/mol. The molecule has 1 N–H and O–H groups in total. The lowest BCUT2D eigenvalue weighted by Crippen LogP contribution is -2.37. The Balaban J connectivity index is 1.86. The van der Waals surface area contributed by atoms with Crippen LogP contribution in [0.4, 0.5) is 13.2 Å². The second-order valence-electron chi connectivity index (χ2n) is 6.39. The Bertz CT molecular complexity index is 774. The van der Waals surface area contributed by atoms with Gasteiger partial charge in [0.1, 0.15) is 0 Å². The highest BCUT2D eigenvalue weighted by molar-refractivity contribution is 5.94. The minimum atomic E-state index is -4.38. The van der Waals surface area contributed by atoms with Gasteiger partial charge in [0, 0.05) is 31.6 Å². The van der Waals surface area contributed by atoms with Crippen LogP contribution in [0.15, 0.2) is 54.6 Å². The zero-order valence-electron chi connectivity index (χ0n) is 15.1. The number of nitrogens with one attached hydrogen (secondary N) is 1. The van der Waals surface area contributed by atoms with Crippen molar-refractivity contribution >= 4 is 11.8 Å². The quantitative estimate of drug-likeness (QED) is 0.830. The van der Waals surface area contributed by atoms with Crippen molar-refractivity contribution in [2.24, 2.45) is 0 Å². The number of amides is 2. The van der Waals surface area contributed by atoms with E-state index in [2.05, 4.69) is 5.32 Å². The summed E-state index contributed by atoms with van der Waals surface area (Å²) in [4.78, 5) is 25.8. The molecule has 0 radical (unpaired) electrons. The SMILES string of the molecule is CC(CC(=O)N(C)Cc1ccc(C(F)(F)F)cc1)NC(=O)c1ccccc1. The van der Waals surface area contributed by atoms with Gasteiger partial charge in [-0.25, -0.2) is 0 Å². The normalized spacial score (nSPS) is 12.3. The van der Waals surface area contributed by atoms with Crippen LogP contribution in [0.2, 0.25) is 0 Å². The molecule has 2 amide bonds. The van der Waals surface area contributed by atoms with E-state index >= 15 is 0 Å². The molecule has 2 aromatic rings. The van der Waals surface area contributed by atoms with E-state index in [4.69, 9.17) is 0 Å². The molecule has 1 unspecified atom stereocenters. The molecule has 7 heteroatoms. The van der Waals surface area contributed by atoms with Crippen molar-refractivity contribution in [3.63, 3.8) is 0 Å². The molecule has 1 atom stereocenters. The summed E-state index contributed by atoms with van der Waals surface area (Å²) in [7, 11) is 1.58. The molecule has 0 aliphatic carbocycles. The maximum atomic E-state index is 12.6. The summed E-state index contributed by atoms with van der Waals surface area (Å²) < 4.78 is 37.7. The van der Waals surface area contributed by atoms with Crippen molar-refractivity contribution in [2.75, 3.05) is 7.05 Å². The Kier molecular flexibility index (Phi) is 6.60. The van der Waals surface area contributed by atoms with Crippen LogP contribution in [-0.2, 0) is 17.5 Å². The molecular formula is C20H21F3N2O2. The third kappa shape index (κ3) is 6.13. The Morgan fingerprint density at radius 3 is 2.19 bits per heavy atom. The summed E-state index contributed by atoms with van der Waals surface area (Å²) in [6, 6.07) is 13.0. The van der Waals surface area contributed by atoms with Gasteiger partial charge in [-0.1, -0.05) is 30.3 Å². The maximum absolute atomic E-state index is 12.6. The minimum absolute atomic E-state index is 0.0930. The lowest BCUT2D eigenvalue weighted by Gasteiger charge is -2.21. The van der Waals surface area contributed by atoms with Gasteiger partial charge < -0.3 is 10.2 Å². The van der Waals surface area contributed by atoms with E-state index in [-0.39, 0.29) is 30.8 Å². The van der Waals surface area contributed by atoms with Crippen molar-refractivity contribution in [2.45, 2.75) is 32.1 Å². The van der Waals surface area contributed by atoms with E-state index in [9.17, 15) is 22.8 Å². The molecular weight excluding hydrogens is 357 g/mol. The number of carbonyl (C=O) groups is 2. The van der Waals surface area contributed by atoms with Gasteiger partial charge in [0.2, 0.25) is 5.91 Å². The first kappa shape index (κ1) is 20.5. The van der Waals surface area contributed by atoms with E-state index < -0.39 is 11.7 Å². The molecule has 2 aromatic carbocycles. The van der Waals surface area contributed by atoms with Crippen LogP contribution >= 0.6 is 0 Å². The maximum Gasteiger partial charge on any atom is 0.416 e. The monoisotopic (exact) mass is 378 g/mol. The molecule has 144 valence electrons. The molecule has 0 spiro atoms. The number of benzene rings is 2. The average Bonchev–Trinajstić information content (AvgIpc) is 2.62. The number of nitrogens with zero attached hydrogens (tertiary/aromatic N) is 1. The molecule has 0 saturated heterocycles. The molecule has 0 saturated carbocycles. The zero-order valence-corrected chi connectivity index (χ0v) is 15.1. The van der Waals surface area contributed by atoms with Gasteiger partial charge in [0.25, 0.3) is 5.91 Å². The lowest BCUT2D eigenvalue weighted by atomic mass is 10.1.